The molecule has 3 N–H and O–H groups in total. The van der Waals surface area contributed by atoms with E-state index in [0.29, 0.717) is 5.69 Å². The molecule has 2 aromatic rings. The average Bonchev–Trinajstić information content (AvgIpc) is 2.51. The quantitative estimate of drug-likeness (QED) is 0.822. The Hall–Kier alpha value is -2.47. The summed E-state index contributed by atoms with van der Waals surface area (Å²) >= 11 is 0. The number of pyridine rings is 1. The van der Waals surface area contributed by atoms with E-state index in [4.69, 9.17) is 10.5 Å². The molecule has 0 aliphatic rings. The second-order valence-corrected chi connectivity index (χ2v) is 6.60. The van der Waals surface area contributed by atoms with Gasteiger partial charge in [0.15, 0.2) is 0 Å². The van der Waals surface area contributed by atoms with Crippen LogP contribution in [-0.4, -0.2) is 28.5 Å². The number of aromatic nitrogens is 1. The highest BCUT2D eigenvalue weighted by molar-refractivity contribution is 6.02. The van der Waals surface area contributed by atoms with Crippen molar-refractivity contribution in [1.82, 2.24) is 4.98 Å². The first-order chi connectivity index (χ1) is 11.3. The molecule has 0 fully saturated rings. The lowest BCUT2D eigenvalue weighted by atomic mass is 10.1. The topological polar surface area (TPSA) is 94.3 Å². The average molecular weight is 329 g/mol. The maximum absolute atomic E-state index is 12.2. The lowest BCUT2D eigenvalue weighted by molar-refractivity contribution is -0.155. The van der Waals surface area contributed by atoms with Crippen LogP contribution in [-0.2, 0) is 14.3 Å². The van der Waals surface area contributed by atoms with Crippen molar-refractivity contribution in [3.05, 3.63) is 36.5 Å². The maximum Gasteiger partial charge on any atom is 0.306 e. The van der Waals surface area contributed by atoms with Gasteiger partial charge in [-0.25, -0.2) is 0 Å². The fourth-order valence-corrected chi connectivity index (χ4v) is 2.23. The molecule has 0 bridgehead atoms. The van der Waals surface area contributed by atoms with Crippen LogP contribution < -0.4 is 11.1 Å². The number of amides is 1. The van der Waals surface area contributed by atoms with E-state index in [1.54, 1.807) is 39.1 Å². The molecule has 128 valence electrons. The molecule has 6 heteroatoms. The highest BCUT2D eigenvalue weighted by Crippen LogP contribution is 2.21. The highest BCUT2D eigenvalue weighted by Gasteiger charge is 2.20. The minimum atomic E-state index is -0.788. The minimum Gasteiger partial charge on any atom is -0.460 e. The number of hydrogen-bond acceptors (Lipinski definition) is 5. The summed E-state index contributed by atoms with van der Waals surface area (Å²) < 4.78 is 5.21. The van der Waals surface area contributed by atoms with Crippen molar-refractivity contribution in [3.8, 4) is 0 Å². The fraction of sp³-hybridized carbons (Fsp3) is 0.389. The van der Waals surface area contributed by atoms with Crippen LogP contribution in [0.15, 0.2) is 36.5 Å². The number of esters is 1. The summed E-state index contributed by atoms with van der Waals surface area (Å²) in [6, 6.07) is 8.38. The molecule has 1 aromatic carbocycles. The number of ether oxygens (including phenoxy) is 1. The molecule has 1 aromatic heterocycles. The van der Waals surface area contributed by atoms with Gasteiger partial charge in [0.05, 0.1) is 17.2 Å². The summed E-state index contributed by atoms with van der Waals surface area (Å²) in [5.74, 6) is -0.699. The molecule has 1 atom stereocenters. The first kappa shape index (κ1) is 17.9. The standard InChI is InChI=1S/C18H23N3O3/c1-18(2,3)24-16(22)10-9-13(19)17(23)21-15-8-4-7-14-12(15)6-5-11-20-14/h4-8,11,13H,9-10,19H2,1-3H3,(H,21,23)/t13-/m0/s1. The predicted molar refractivity (Wildman–Crippen MR) is 93.4 cm³/mol. The summed E-state index contributed by atoms with van der Waals surface area (Å²) in [4.78, 5) is 28.2. The lowest BCUT2D eigenvalue weighted by Crippen LogP contribution is -2.36. The molecule has 2 rings (SSSR count). The molecule has 1 amide bonds. The SMILES string of the molecule is CC(C)(C)OC(=O)CC[C@H](N)C(=O)Nc1cccc2ncccc12. The Labute approximate surface area is 141 Å². The minimum absolute atomic E-state index is 0.100. The van der Waals surface area contributed by atoms with Crippen LogP contribution in [0.3, 0.4) is 0 Å². The van der Waals surface area contributed by atoms with Crippen LogP contribution in [0.2, 0.25) is 0 Å². The van der Waals surface area contributed by atoms with Crippen LogP contribution in [0.1, 0.15) is 33.6 Å². The number of nitrogens with two attached hydrogens (primary N) is 1. The van der Waals surface area contributed by atoms with Crippen molar-refractivity contribution in [2.75, 3.05) is 5.32 Å². The Morgan fingerprint density at radius 2 is 2.00 bits per heavy atom. The molecule has 0 saturated heterocycles. The van der Waals surface area contributed by atoms with Gasteiger partial charge < -0.3 is 15.8 Å². The smallest absolute Gasteiger partial charge is 0.306 e. The fourth-order valence-electron chi connectivity index (χ4n) is 2.23. The third-order valence-corrected chi connectivity index (χ3v) is 3.32. The van der Waals surface area contributed by atoms with Gasteiger partial charge in [-0.3, -0.25) is 14.6 Å². The molecule has 0 aliphatic carbocycles. The Bertz CT molecular complexity index is 732. The van der Waals surface area contributed by atoms with Gasteiger partial charge in [0.2, 0.25) is 5.91 Å². The Balaban J connectivity index is 1.95. The number of anilines is 1. The Kier molecular flexibility index (Phi) is 5.51. The number of nitrogens with zero attached hydrogens (tertiary/aromatic N) is 1. The molecule has 24 heavy (non-hydrogen) atoms. The molecule has 0 spiro atoms. The van der Waals surface area contributed by atoms with Gasteiger partial charge in [-0.15, -0.1) is 0 Å². The van der Waals surface area contributed by atoms with Crippen molar-refractivity contribution in [2.45, 2.75) is 45.3 Å². The van der Waals surface area contributed by atoms with Gasteiger partial charge in [-0.1, -0.05) is 6.07 Å². The molecule has 0 radical (unpaired) electrons. The van der Waals surface area contributed by atoms with Crippen molar-refractivity contribution in [1.29, 1.82) is 0 Å². The van der Waals surface area contributed by atoms with Gasteiger partial charge in [0.1, 0.15) is 5.60 Å². The summed E-state index contributed by atoms with van der Waals surface area (Å²) in [6.07, 6.45) is 2.02. The zero-order valence-corrected chi connectivity index (χ0v) is 14.2. The summed E-state index contributed by atoms with van der Waals surface area (Å²) in [5, 5.41) is 3.64. The summed E-state index contributed by atoms with van der Waals surface area (Å²) in [7, 11) is 0. The number of fused-ring (bicyclic) bond motifs is 1. The molecule has 0 unspecified atom stereocenters. The molecule has 0 saturated carbocycles. The van der Waals surface area contributed by atoms with Gasteiger partial charge in [0.25, 0.3) is 0 Å². The second-order valence-electron chi connectivity index (χ2n) is 6.60. The van der Waals surface area contributed by atoms with Crippen LogP contribution in [0.4, 0.5) is 5.69 Å². The predicted octanol–water partition coefficient (Wildman–Crippen LogP) is 2.62. The van der Waals surface area contributed by atoms with E-state index in [-0.39, 0.29) is 24.7 Å². The van der Waals surface area contributed by atoms with E-state index in [9.17, 15) is 9.59 Å². The van der Waals surface area contributed by atoms with E-state index in [1.165, 1.54) is 0 Å². The van der Waals surface area contributed by atoms with E-state index in [2.05, 4.69) is 10.3 Å². The van der Waals surface area contributed by atoms with Crippen LogP contribution in [0.5, 0.6) is 0 Å². The number of rotatable bonds is 5. The number of benzene rings is 1. The largest absolute Gasteiger partial charge is 0.460 e. The van der Waals surface area contributed by atoms with E-state index in [1.807, 2.05) is 18.2 Å². The number of nitrogens with one attached hydrogen (secondary N) is 1. The highest BCUT2D eigenvalue weighted by atomic mass is 16.6. The van der Waals surface area contributed by atoms with Gasteiger partial charge >= 0.3 is 5.97 Å². The summed E-state index contributed by atoms with van der Waals surface area (Å²) in [5.41, 5.74) is 6.78. The van der Waals surface area contributed by atoms with E-state index >= 15 is 0 Å². The first-order valence-electron chi connectivity index (χ1n) is 7.88. The van der Waals surface area contributed by atoms with Crippen LogP contribution in [0.25, 0.3) is 10.9 Å². The zero-order valence-electron chi connectivity index (χ0n) is 14.2. The second kappa shape index (κ2) is 7.40. The van der Waals surface area contributed by atoms with Crippen molar-refractivity contribution < 1.29 is 14.3 Å². The van der Waals surface area contributed by atoms with Crippen molar-refractivity contribution in [3.63, 3.8) is 0 Å². The van der Waals surface area contributed by atoms with Crippen molar-refractivity contribution >= 4 is 28.5 Å². The number of carbonyl (C=O) groups excluding carboxylic acids is 2. The maximum atomic E-state index is 12.2. The molecule has 0 aliphatic heterocycles. The third-order valence-electron chi connectivity index (χ3n) is 3.32. The zero-order chi connectivity index (χ0) is 17.7. The molecule has 6 nitrogen and oxygen atoms in total. The molecular formula is C18H23N3O3. The Morgan fingerprint density at radius 3 is 2.71 bits per heavy atom. The summed E-state index contributed by atoms with van der Waals surface area (Å²) in [6.45, 7) is 5.39. The van der Waals surface area contributed by atoms with Crippen molar-refractivity contribution in [2.24, 2.45) is 5.73 Å². The van der Waals surface area contributed by atoms with E-state index < -0.39 is 11.6 Å². The van der Waals surface area contributed by atoms with Gasteiger partial charge in [0, 0.05) is 18.0 Å². The molecular weight excluding hydrogens is 306 g/mol. The van der Waals surface area contributed by atoms with Gasteiger partial charge in [-0.05, 0) is 51.5 Å². The van der Waals surface area contributed by atoms with E-state index in [0.717, 1.165) is 10.9 Å². The Morgan fingerprint density at radius 1 is 1.25 bits per heavy atom. The normalized spacial score (nSPS) is 12.7. The van der Waals surface area contributed by atoms with Crippen LogP contribution >= 0.6 is 0 Å². The lowest BCUT2D eigenvalue weighted by Gasteiger charge is -2.20. The van der Waals surface area contributed by atoms with Crippen LogP contribution in [0, 0.1) is 0 Å². The van der Waals surface area contributed by atoms with Gasteiger partial charge in [-0.2, -0.15) is 0 Å². The third kappa shape index (κ3) is 5.03. The first-order valence-corrected chi connectivity index (χ1v) is 7.88. The monoisotopic (exact) mass is 329 g/mol. The number of carbonyl (C=O) groups is 2. The molecule has 1 heterocycles. The number of hydrogen-bond donors (Lipinski definition) is 2.